The van der Waals surface area contributed by atoms with Crippen molar-refractivity contribution < 1.29 is 5.21 Å². The van der Waals surface area contributed by atoms with Gasteiger partial charge in [-0.25, -0.2) is 4.98 Å². The van der Waals surface area contributed by atoms with Crippen molar-refractivity contribution in [2.24, 2.45) is 10.9 Å². The number of hydrogen-bond donors (Lipinski definition) is 2. The van der Waals surface area contributed by atoms with Gasteiger partial charge < -0.3 is 15.5 Å². The SMILES string of the molecule is Cc1nccn1CC(C(N)=NO)c1ccccc1. The molecule has 2 aromatic rings. The molecule has 18 heavy (non-hydrogen) atoms. The van der Waals surface area contributed by atoms with Gasteiger partial charge in [0.25, 0.3) is 0 Å². The number of amidine groups is 1. The van der Waals surface area contributed by atoms with E-state index in [-0.39, 0.29) is 11.8 Å². The van der Waals surface area contributed by atoms with Crippen LogP contribution in [-0.4, -0.2) is 20.6 Å². The number of aryl methyl sites for hydroxylation is 1. The van der Waals surface area contributed by atoms with E-state index >= 15 is 0 Å². The monoisotopic (exact) mass is 244 g/mol. The first-order valence-corrected chi connectivity index (χ1v) is 5.72. The van der Waals surface area contributed by atoms with E-state index in [1.807, 2.05) is 48.0 Å². The number of nitrogens with zero attached hydrogens (tertiary/aromatic N) is 3. The van der Waals surface area contributed by atoms with Gasteiger partial charge in [0.1, 0.15) is 11.7 Å². The third kappa shape index (κ3) is 2.51. The number of rotatable bonds is 4. The van der Waals surface area contributed by atoms with Crippen LogP contribution in [0.15, 0.2) is 47.9 Å². The Morgan fingerprint density at radius 3 is 2.72 bits per heavy atom. The molecule has 0 bridgehead atoms. The molecule has 0 spiro atoms. The summed E-state index contributed by atoms with van der Waals surface area (Å²) in [6.07, 6.45) is 3.62. The maximum atomic E-state index is 8.90. The lowest BCUT2D eigenvalue weighted by Gasteiger charge is -2.17. The van der Waals surface area contributed by atoms with Crippen LogP contribution in [0.2, 0.25) is 0 Å². The van der Waals surface area contributed by atoms with Crippen LogP contribution in [0, 0.1) is 6.92 Å². The third-order valence-corrected chi connectivity index (χ3v) is 2.98. The molecule has 5 heteroatoms. The lowest BCUT2D eigenvalue weighted by atomic mass is 9.98. The van der Waals surface area contributed by atoms with Gasteiger partial charge in [-0.15, -0.1) is 0 Å². The Hall–Kier alpha value is -2.30. The Balaban J connectivity index is 2.30. The van der Waals surface area contributed by atoms with E-state index in [1.165, 1.54) is 0 Å². The smallest absolute Gasteiger partial charge is 0.148 e. The molecule has 1 unspecified atom stereocenters. The molecule has 0 saturated heterocycles. The number of imidazole rings is 1. The molecule has 5 nitrogen and oxygen atoms in total. The molecule has 1 aromatic carbocycles. The zero-order chi connectivity index (χ0) is 13.0. The van der Waals surface area contributed by atoms with E-state index in [0.717, 1.165) is 11.4 Å². The second kappa shape index (κ2) is 5.35. The molecule has 0 radical (unpaired) electrons. The molecular weight excluding hydrogens is 228 g/mol. The van der Waals surface area contributed by atoms with Crippen LogP contribution in [-0.2, 0) is 6.54 Å². The highest BCUT2D eigenvalue weighted by Crippen LogP contribution is 2.18. The molecule has 0 saturated carbocycles. The zero-order valence-corrected chi connectivity index (χ0v) is 10.2. The Bertz CT molecular complexity index is 533. The Kier molecular flexibility index (Phi) is 3.62. The van der Waals surface area contributed by atoms with Crippen LogP contribution in [0.3, 0.4) is 0 Å². The second-order valence-electron chi connectivity index (χ2n) is 4.11. The quantitative estimate of drug-likeness (QED) is 0.372. The van der Waals surface area contributed by atoms with Crippen molar-refractivity contribution in [2.45, 2.75) is 19.4 Å². The predicted octanol–water partition coefficient (Wildman–Crippen LogP) is 1.72. The summed E-state index contributed by atoms with van der Waals surface area (Å²) in [6.45, 7) is 2.53. The number of hydrogen-bond acceptors (Lipinski definition) is 3. The summed E-state index contributed by atoms with van der Waals surface area (Å²) in [6, 6.07) is 9.75. The van der Waals surface area contributed by atoms with Crippen LogP contribution in [0.5, 0.6) is 0 Å². The van der Waals surface area contributed by atoms with Gasteiger partial charge in [-0.2, -0.15) is 0 Å². The molecule has 1 heterocycles. The molecular formula is C13H16N4O. The van der Waals surface area contributed by atoms with Gasteiger partial charge in [0.2, 0.25) is 0 Å². The van der Waals surface area contributed by atoms with Gasteiger partial charge in [-0.1, -0.05) is 35.5 Å². The van der Waals surface area contributed by atoms with Crippen molar-refractivity contribution in [2.75, 3.05) is 0 Å². The highest BCUT2D eigenvalue weighted by Gasteiger charge is 2.17. The van der Waals surface area contributed by atoms with Crippen molar-refractivity contribution in [3.8, 4) is 0 Å². The summed E-state index contributed by atoms with van der Waals surface area (Å²) >= 11 is 0. The molecule has 1 atom stereocenters. The maximum Gasteiger partial charge on any atom is 0.148 e. The summed E-state index contributed by atoms with van der Waals surface area (Å²) in [5.41, 5.74) is 6.80. The predicted molar refractivity (Wildman–Crippen MR) is 69.6 cm³/mol. The molecule has 94 valence electrons. The largest absolute Gasteiger partial charge is 0.409 e. The molecule has 0 aliphatic rings. The minimum atomic E-state index is -0.163. The lowest BCUT2D eigenvalue weighted by Crippen LogP contribution is -2.26. The summed E-state index contributed by atoms with van der Waals surface area (Å²) in [5, 5.41) is 12.0. The zero-order valence-electron chi connectivity index (χ0n) is 10.2. The van der Waals surface area contributed by atoms with Gasteiger partial charge in [-0.3, -0.25) is 0 Å². The Morgan fingerprint density at radius 1 is 1.44 bits per heavy atom. The molecule has 0 amide bonds. The fraction of sp³-hybridized carbons (Fsp3) is 0.231. The number of oxime groups is 1. The normalized spacial score (nSPS) is 13.5. The Labute approximate surface area is 106 Å². The van der Waals surface area contributed by atoms with Gasteiger partial charge in [0.05, 0.1) is 5.92 Å². The highest BCUT2D eigenvalue weighted by molar-refractivity contribution is 5.86. The van der Waals surface area contributed by atoms with Gasteiger partial charge in [0, 0.05) is 18.9 Å². The minimum Gasteiger partial charge on any atom is -0.409 e. The molecule has 1 aromatic heterocycles. The number of nitrogens with two attached hydrogens (primary N) is 1. The van der Waals surface area contributed by atoms with E-state index in [9.17, 15) is 0 Å². The van der Waals surface area contributed by atoms with Crippen LogP contribution in [0.25, 0.3) is 0 Å². The van der Waals surface area contributed by atoms with Gasteiger partial charge in [-0.05, 0) is 12.5 Å². The Morgan fingerprint density at radius 2 is 2.17 bits per heavy atom. The van der Waals surface area contributed by atoms with Crippen LogP contribution in [0.4, 0.5) is 0 Å². The first-order valence-electron chi connectivity index (χ1n) is 5.72. The van der Waals surface area contributed by atoms with E-state index in [1.54, 1.807) is 6.20 Å². The second-order valence-corrected chi connectivity index (χ2v) is 4.11. The molecule has 0 aliphatic heterocycles. The lowest BCUT2D eigenvalue weighted by molar-refractivity contribution is 0.315. The van der Waals surface area contributed by atoms with Crippen LogP contribution in [0.1, 0.15) is 17.3 Å². The topological polar surface area (TPSA) is 76.4 Å². The average molecular weight is 244 g/mol. The van der Waals surface area contributed by atoms with Gasteiger partial charge >= 0.3 is 0 Å². The number of benzene rings is 1. The maximum absolute atomic E-state index is 8.90. The average Bonchev–Trinajstić information content (AvgIpc) is 2.81. The fourth-order valence-corrected chi connectivity index (χ4v) is 1.92. The first-order chi connectivity index (χ1) is 8.72. The van der Waals surface area contributed by atoms with Crippen molar-refractivity contribution in [1.82, 2.24) is 9.55 Å². The van der Waals surface area contributed by atoms with Crippen molar-refractivity contribution in [1.29, 1.82) is 0 Å². The molecule has 3 N–H and O–H groups in total. The molecule has 0 aliphatic carbocycles. The van der Waals surface area contributed by atoms with Crippen LogP contribution >= 0.6 is 0 Å². The van der Waals surface area contributed by atoms with Crippen LogP contribution < -0.4 is 5.73 Å². The summed E-state index contributed by atoms with van der Waals surface area (Å²) in [4.78, 5) is 4.17. The minimum absolute atomic E-state index is 0.163. The van der Waals surface area contributed by atoms with E-state index in [4.69, 9.17) is 10.9 Å². The first kappa shape index (κ1) is 12.2. The highest BCUT2D eigenvalue weighted by atomic mass is 16.4. The standard InChI is InChI=1S/C13H16N4O/c1-10-15-7-8-17(10)9-12(13(14)16-18)11-5-3-2-4-6-11/h2-8,12,18H,9H2,1H3,(H2,14,16). The third-order valence-electron chi connectivity index (χ3n) is 2.98. The van der Waals surface area contributed by atoms with E-state index in [2.05, 4.69) is 10.1 Å². The summed E-state index contributed by atoms with van der Waals surface area (Å²) in [5.74, 6) is 0.945. The molecule has 2 rings (SSSR count). The summed E-state index contributed by atoms with van der Waals surface area (Å²) in [7, 11) is 0. The van der Waals surface area contributed by atoms with Gasteiger partial charge in [0.15, 0.2) is 0 Å². The van der Waals surface area contributed by atoms with Crippen molar-refractivity contribution in [3.05, 3.63) is 54.1 Å². The van der Waals surface area contributed by atoms with Crippen molar-refractivity contribution >= 4 is 5.84 Å². The van der Waals surface area contributed by atoms with E-state index < -0.39 is 0 Å². The van der Waals surface area contributed by atoms with Crippen molar-refractivity contribution in [3.63, 3.8) is 0 Å². The molecule has 0 fully saturated rings. The summed E-state index contributed by atoms with van der Waals surface area (Å²) < 4.78 is 1.98. The van der Waals surface area contributed by atoms with E-state index in [0.29, 0.717) is 6.54 Å². The number of aromatic nitrogens is 2. The fourth-order valence-electron chi connectivity index (χ4n) is 1.92.